The van der Waals surface area contributed by atoms with E-state index in [-0.39, 0.29) is 18.0 Å². The van der Waals surface area contributed by atoms with Gasteiger partial charge in [0.25, 0.3) is 5.91 Å². The van der Waals surface area contributed by atoms with Gasteiger partial charge in [-0.15, -0.1) is 5.10 Å². The van der Waals surface area contributed by atoms with Crippen LogP contribution in [0, 0.1) is 6.92 Å². The molecule has 0 aliphatic carbocycles. The van der Waals surface area contributed by atoms with Crippen LogP contribution in [-0.4, -0.2) is 71.3 Å². The number of amides is 1. The number of methoxy groups -OCH3 is 1. The highest BCUT2D eigenvalue weighted by molar-refractivity contribution is 5.93. The molecule has 1 amide bonds. The predicted molar refractivity (Wildman–Crippen MR) is 101 cm³/mol. The van der Waals surface area contributed by atoms with Crippen molar-refractivity contribution in [3.63, 3.8) is 0 Å². The summed E-state index contributed by atoms with van der Waals surface area (Å²) in [6.45, 7) is 8.34. The summed E-state index contributed by atoms with van der Waals surface area (Å²) in [7, 11) is 1.64. The van der Waals surface area contributed by atoms with Crippen molar-refractivity contribution in [1.82, 2.24) is 25.2 Å². The number of rotatable bonds is 6. The maximum atomic E-state index is 12.9. The fourth-order valence-corrected chi connectivity index (χ4v) is 3.25. The Kier molecular flexibility index (Phi) is 6.08. The third kappa shape index (κ3) is 4.64. The van der Waals surface area contributed by atoms with Gasteiger partial charge in [0.2, 0.25) is 0 Å². The first-order valence-corrected chi connectivity index (χ1v) is 9.19. The molecule has 8 heteroatoms. The van der Waals surface area contributed by atoms with Crippen molar-refractivity contribution in [2.75, 3.05) is 33.4 Å². The molecule has 1 aromatic heterocycles. The lowest BCUT2D eigenvalue weighted by molar-refractivity contribution is 0.0666. The number of hydrogen-bond donors (Lipinski definition) is 1. The van der Waals surface area contributed by atoms with Crippen LogP contribution in [0.3, 0.4) is 0 Å². The van der Waals surface area contributed by atoms with Crippen LogP contribution in [0.5, 0.6) is 5.75 Å². The van der Waals surface area contributed by atoms with Gasteiger partial charge >= 0.3 is 0 Å². The lowest BCUT2D eigenvalue weighted by Crippen LogP contribution is -2.56. The van der Waals surface area contributed by atoms with Gasteiger partial charge in [-0.25, -0.2) is 0 Å². The van der Waals surface area contributed by atoms with E-state index < -0.39 is 0 Å². The molecule has 0 saturated carbocycles. The molecular weight excluding hydrogens is 346 g/mol. The van der Waals surface area contributed by atoms with Gasteiger partial charge in [0.15, 0.2) is 5.69 Å². The number of piperazine rings is 1. The first-order valence-electron chi connectivity index (χ1n) is 9.19. The smallest absolute Gasteiger partial charge is 0.276 e. The van der Waals surface area contributed by atoms with E-state index in [4.69, 9.17) is 9.47 Å². The number of carbonyl (C=O) groups excluding carboxylic acids is 1. The van der Waals surface area contributed by atoms with Crippen molar-refractivity contribution in [2.45, 2.75) is 32.9 Å². The standard InChI is InChI=1S/C19H27N5O3/c1-13-11-23(12-14(2)20-13)19(25)18-15(3)21-24(22-18)16-5-7-17(8-6-16)27-10-9-26-4/h5-8,13-14,20H,9-12H2,1-4H3. The van der Waals surface area contributed by atoms with E-state index in [1.54, 1.807) is 7.11 Å². The third-order valence-electron chi connectivity index (χ3n) is 4.45. The molecular formula is C19H27N5O3. The topological polar surface area (TPSA) is 81.5 Å². The molecule has 2 aromatic rings. The SMILES string of the molecule is COCCOc1ccc(-n2nc(C)c(C(=O)N3CC(C)NC(C)C3)n2)cc1. The molecule has 27 heavy (non-hydrogen) atoms. The van der Waals surface area contributed by atoms with E-state index >= 15 is 0 Å². The Balaban J connectivity index is 1.73. The van der Waals surface area contributed by atoms with Crippen LogP contribution in [0.15, 0.2) is 24.3 Å². The van der Waals surface area contributed by atoms with E-state index in [1.807, 2.05) is 36.1 Å². The van der Waals surface area contributed by atoms with Gasteiger partial charge < -0.3 is 19.7 Å². The maximum absolute atomic E-state index is 12.9. The Morgan fingerprint density at radius 2 is 1.81 bits per heavy atom. The van der Waals surface area contributed by atoms with Crippen molar-refractivity contribution < 1.29 is 14.3 Å². The predicted octanol–water partition coefficient (Wildman–Crippen LogP) is 1.42. The lowest BCUT2D eigenvalue weighted by Gasteiger charge is -2.35. The van der Waals surface area contributed by atoms with Gasteiger partial charge in [0, 0.05) is 32.3 Å². The molecule has 1 N–H and O–H groups in total. The summed E-state index contributed by atoms with van der Waals surface area (Å²) >= 11 is 0. The molecule has 1 aliphatic heterocycles. The summed E-state index contributed by atoms with van der Waals surface area (Å²) in [4.78, 5) is 16.3. The minimum atomic E-state index is -0.0709. The summed E-state index contributed by atoms with van der Waals surface area (Å²) in [5.41, 5.74) is 1.80. The molecule has 8 nitrogen and oxygen atoms in total. The zero-order valence-electron chi connectivity index (χ0n) is 16.3. The van der Waals surface area contributed by atoms with Crippen molar-refractivity contribution in [3.8, 4) is 11.4 Å². The molecule has 2 unspecified atom stereocenters. The second-order valence-electron chi connectivity index (χ2n) is 6.94. The number of benzene rings is 1. The average Bonchev–Trinajstić information content (AvgIpc) is 3.03. The van der Waals surface area contributed by atoms with Crippen LogP contribution in [0.2, 0.25) is 0 Å². The number of ether oxygens (including phenoxy) is 2. The summed E-state index contributed by atoms with van der Waals surface area (Å²) < 4.78 is 10.5. The van der Waals surface area contributed by atoms with Crippen molar-refractivity contribution in [1.29, 1.82) is 0 Å². The Morgan fingerprint density at radius 3 is 2.44 bits per heavy atom. The molecule has 0 radical (unpaired) electrons. The van der Waals surface area contributed by atoms with Crippen LogP contribution >= 0.6 is 0 Å². The first kappa shape index (κ1) is 19.3. The third-order valence-corrected chi connectivity index (χ3v) is 4.45. The maximum Gasteiger partial charge on any atom is 0.276 e. The Hall–Kier alpha value is -2.45. The van der Waals surface area contributed by atoms with Crippen molar-refractivity contribution >= 4 is 5.91 Å². The zero-order valence-corrected chi connectivity index (χ0v) is 16.3. The van der Waals surface area contributed by atoms with Crippen LogP contribution in [0.25, 0.3) is 5.69 Å². The Labute approximate surface area is 159 Å². The van der Waals surface area contributed by atoms with Gasteiger partial charge in [-0.2, -0.15) is 9.90 Å². The van der Waals surface area contributed by atoms with Gasteiger partial charge in [-0.3, -0.25) is 4.79 Å². The fraction of sp³-hybridized carbons (Fsp3) is 0.526. The summed E-state index contributed by atoms with van der Waals surface area (Å²) in [5, 5.41) is 12.3. The molecule has 1 aromatic carbocycles. The molecule has 0 bridgehead atoms. The van der Waals surface area contributed by atoms with Gasteiger partial charge in [0.1, 0.15) is 12.4 Å². The molecule has 2 heterocycles. The minimum absolute atomic E-state index is 0.0709. The van der Waals surface area contributed by atoms with Crippen molar-refractivity contribution in [3.05, 3.63) is 35.7 Å². The molecule has 0 spiro atoms. The molecule has 1 saturated heterocycles. The number of nitrogens with zero attached hydrogens (tertiary/aromatic N) is 4. The second kappa shape index (κ2) is 8.49. The summed E-state index contributed by atoms with van der Waals surface area (Å²) in [6, 6.07) is 7.96. The molecule has 1 fully saturated rings. The Bertz CT molecular complexity index is 764. The molecule has 146 valence electrons. The van der Waals surface area contributed by atoms with Crippen molar-refractivity contribution in [2.24, 2.45) is 0 Å². The lowest BCUT2D eigenvalue weighted by atomic mass is 10.1. The normalized spacial score (nSPS) is 19.9. The van der Waals surface area contributed by atoms with E-state index in [0.29, 0.717) is 37.7 Å². The number of carbonyl (C=O) groups is 1. The summed E-state index contributed by atoms with van der Waals surface area (Å²) in [6.07, 6.45) is 0. The first-order chi connectivity index (χ1) is 13.0. The fourth-order valence-electron chi connectivity index (χ4n) is 3.25. The van der Waals surface area contributed by atoms with E-state index in [9.17, 15) is 4.79 Å². The summed E-state index contributed by atoms with van der Waals surface area (Å²) in [5.74, 6) is 0.679. The molecule has 1 aliphatic rings. The molecule has 3 rings (SSSR count). The van der Waals surface area contributed by atoms with Gasteiger partial charge in [-0.05, 0) is 45.0 Å². The number of aromatic nitrogens is 3. The highest BCUT2D eigenvalue weighted by Gasteiger charge is 2.28. The average molecular weight is 373 g/mol. The largest absolute Gasteiger partial charge is 0.491 e. The van der Waals surface area contributed by atoms with Crippen LogP contribution < -0.4 is 10.1 Å². The van der Waals surface area contributed by atoms with Gasteiger partial charge in [0.05, 0.1) is 18.0 Å². The quantitative estimate of drug-likeness (QED) is 0.772. The van der Waals surface area contributed by atoms with E-state index in [1.165, 1.54) is 4.80 Å². The zero-order chi connectivity index (χ0) is 19.4. The highest BCUT2D eigenvalue weighted by atomic mass is 16.5. The van der Waals surface area contributed by atoms with Gasteiger partial charge in [-0.1, -0.05) is 0 Å². The number of hydrogen-bond acceptors (Lipinski definition) is 6. The minimum Gasteiger partial charge on any atom is -0.491 e. The van der Waals surface area contributed by atoms with E-state index in [2.05, 4.69) is 29.4 Å². The highest BCUT2D eigenvalue weighted by Crippen LogP contribution is 2.16. The van der Waals surface area contributed by atoms with Crippen LogP contribution in [-0.2, 0) is 4.74 Å². The van der Waals surface area contributed by atoms with Crippen LogP contribution in [0.4, 0.5) is 0 Å². The van der Waals surface area contributed by atoms with E-state index in [0.717, 1.165) is 11.4 Å². The number of aryl methyl sites for hydroxylation is 1. The van der Waals surface area contributed by atoms with Crippen LogP contribution in [0.1, 0.15) is 30.0 Å². The second-order valence-corrected chi connectivity index (χ2v) is 6.94. The Morgan fingerprint density at radius 1 is 1.15 bits per heavy atom. The molecule has 2 atom stereocenters. The number of nitrogens with one attached hydrogen (secondary N) is 1. The monoisotopic (exact) mass is 373 g/mol.